The number of fused-ring (bicyclic) bond motifs is 6. The predicted molar refractivity (Wildman–Crippen MR) is 140 cm³/mol. The molecule has 1 aromatic carbocycles. The maximum absolute atomic E-state index is 10.9. The molecular formula is C28H35N5O6. The number of nitrogens with one attached hydrogen (secondary N) is 1. The second-order valence-electron chi connectivity index (χ2n) is 12.1. The van der Waals surface area contributed by atoms with Crippen LogP contribution >= 0.6 is 0 Å². The molecule has 0 radical (unpaired) electrons. The van der Waals surface area contributed by atoms with Crippen molar-refractivity contribution in [2.24, 2.45) is 17.3 Å². The van der Waals surface area contributed by atoms with Crippen LogP contribution in [0, 0.1) is 17.3 Å². The van der Waals surface area contributed by atoms with E-state index >= 15 is 0 Å². The Balaban J connectivity index is 1.25. The van der Waals surface area contributed by atoms with Crippen molar-refractivity contribution in [2.45, 2.75) is 81.9 Å². The quantitative estimate of drug-likeness (QED) is 0.272. The van der Waals surface area contributed by atoms with Gasteiger partial charge in [0.15, 0.2) is 28.5 Å². The van der Waals surface area contributed by atoms with E-state index < -0.39 is 18.4 Å². The van der Waals surface area contributed by atoms with Gasteiger partial charge in [0.1, 0.15) is 18.7 Å². The number of hydrogen-bond acceptors (Lipinski definition) is 10. The fraction of sp³-hybridized carbons (Fsp3) is 0.607. The summed E-state index contributed by atoms with van der Waals surface area (Å²) in [6.07, 6.45) is 5.64. The van der Waals surface area contributed by atoms with E-state index in [2.05, 4.69) is 27.2 Å². The first-order chi connectivity index (χ1) is 18.8. The molecule has 11 heteroatoms. The van der Waals surface area contributed by atoms with Gasteiger partial charge in [-0.3, -0.25) is 4.57 Å². The molecule has 1 aliphatic heterocycles. The summed E-state index contributed by atoms with van der Waals surface area (Å²) in [6.45, 7) is 1.95. The third kappa shape index (κ3) is 3.74. The van der Waals surface area contributed by atoms with Crippen LogP contribution in [0.3, 0.4) is 0 Å². The van der Waals surface area contributed by atoms with Crippen LogP contribution in [0.2, 0.25) is 0 Å². The number of nitrogens with zero attached hydrogens (tertiary/aromatic N) is 4. The van der Waals surface area contributed by atoms with Crippen LogP contribution in [0.4, 0.5) is 5.82 Å². The molecular weight excluding hydrogens is 502 g/mol. The highest BCUT2D eigenvalue weighted by molar-refractivity contribution is 5.83. The average Bonchev–Trinajstić information content (AvgIpc) is 3.60. The van der Waals surface area contributed by atoms with Crippen molar-refractivity contribution in [2.75, 3.05) is 11.9 Å². The second-order valence-corrected chi connectivity index (χ2v) is 12.1. The molecule has 3 fully saturated rings. The summed E-state index contributed by atoms with van der Waals surface area (Å²) in [5.41, 5.74) is 2.98. The first-order valence-corrected chi connectivity index (χ1v) is 13.9. The SMILES string of the molecule is C[C@]12CCC3c4cc(O)c(O)cc4C(Nc4ncnc5c4ncn5[C@H]4C[C@H](O)[C@@H](CO)O4)CC3C1CC[C@@H]2O. The van der Waals surface area contributed by atoms with Crippen molar-refractivity contribution in [3.05, 3.63) is 35.9 Å². The lowest BCUT2D eigenvalue weighted by Crippen LogP contribution is -2.45. The first-order valence-electron chi connectivity index (χ1n) is 13.9. The van der Waals surface area contributed by atoms with Crippen LogP contribution in [0.1, 0.15) is 74.8 Å². The Labute approximate surface area is 225 Å². The molecule has 2 saturated carbocycles. The number of aromatic nitrogens is 4. The number of imidazole rings is 1. The van der Waals surface area contributed by atoms with Gasteiger partial charge in [-0.15, -0.1) is 0 Å². The van der Waals surface area contributed by atoms with Gasteiger partial charge in [-0.2, -0.15) is 0 Å². The van der Waals surface area contributed by atoms with Crippen LogP contribution in [-0.2, 0) is 4.74 Å². The zero-order valence-corrected chi connectivity index (χ0v) is 21.8. The Kier molecular flexibility index (Phi) is 5.78. The van der Waals surface area contributed by atoms with Gasteiger partial charge in [-0.25, -0.2) is 15.0 Å². The van der Waals surface area contributed by atoms with E-state index in [9.17, 15) is 25.5 Å². The highest BCUT2D eigenvalue weighted by Gasteiger charge is 2.55. The maximum Gasteiger partial charge on any atom is 0.167 e. The average molecular weight is 538 g/mol. The van der Waals surface area contributed by atoms with Gasteiger partial charge in [0.25, 0.3) is 0 Å². The lowest BCUT2D eigenvalue weighted by atomic mass is 9.54. The van der Waals surface area contributed by atoms with Crippen molar-refractivity contribution in [3.8, 4) is 11.5 Å². The van der Waals surface area contributed by atoms with E-state index in [-0.39, 0.29) is 41.6 Å². The van der Waals surface area contributed by atoms with Gasteiger partial charge in [-0.05, 0) is 78.5 Å². The minimum Gasteiger partial charge on any atom is -0.504 e. The molecule has 3 heterocycles. The van der Waals surface area contributed by atoms with Gasteiger partial charge in [0.05, 0.1) is 31.2 Å². The van der Waals surface area contributed by atoms with Crippen molar-refractivity contribution < 1.29 is 30.3 Å². The van der Waals surface area contributed by atoms with Crippen molar-refractivity contribution in [1.82, 2.24) is 19.5 Å². The number of phenolic OH excluding ortho intramolecular Hbond substituents is 2. The number of anilines is 1. The highest BCUT2D eigenvalue weighted by atomic mass is 16.5. The molecule has 1 saturated heterocycles. The maximum atomic E-state index is 10.9. The fourth-order valence-electron chi connectivity index (χ4n) is 8.13. The molecule has 0 bridgehead atoms. The summed E-state index contributed by atoms with van der Waals surface area (Å²) >= 11 is 0. The Hall–Kier alpha value is -2.99. The molecule has 208 valence electrons. The third-order valence-corrected chi connectivity index (χ3v) is 10.2. The summed E-state index contributed by atoms with van der Waals surface area (Å²) in [5.74, 6) is 1.22. The molecule has 0 amide bonds. The molecule has 7 rings (SSSR count). The van der Waals surface area contributed by atoms with E-state index in [1.807, 2.05) is 0 Å². The number of aliphatic hydroxyl groups is 3. The number of phenols is 2. The number of hydrogen-bond donors (Lipinski definition) is 6. The number of aromatic hydroxyl groups is 2. The van der Waals surface area contributed by atoms with Gasteiger partial charge in [0, 0.05) is 6.42 Å². The molecule has 4 unspecified atom stereocenters. The number of aliphatic hydroxyl groups excluding tert-OH is 3. The van der Waals surface area contributed by atoms with Crippen LogP contribution in [-0.4, -0.2) is 70.0 Å². The topological polar surface area (TPSA) is 166 Å². The van der Waals surface area contributed by atoms with E-state index in [0.29, 0.717) is 35.2 Å². The summed E-state index contributed by atoms with van der Waals surface area (Å²) < 4.78 is 7.58. The first kappa shape index (κ1) is 25.0. The molecule has 6 N–H and O–H groups in total. The summed E-state index contributed by atoms with van der Waals surface area (Å²) in [5, 5.41) is 55.0. The lowest BCUT2D eigenvalue weighted by Gasteiger charge is -2.51. The molecule has 0 spiro atoms. The second kappa shape index (κ2) is 9.02. The lowest BCUT2D eigenvalue weighted by molar-refractivity contribution is -0.0432. The number of benzene rings is 1. The van der Waals surface area contributed by atoms with Gasteiger partial charge < -0.3 is 35.6 Å². The summed E-state index contributed by atoms with van der Waals surface area (Å²) in [4.78, 5) is 13.5. The van der Waals surface area contributed by atoms with Crippen molar-refractivity contribution in [1.29, 1.82) is 0 Å². The minimum absolute atomic E-state index is 0.110. The molecule has 4 aliphatic rings. The number of rotatable bonds is 4. The summed E-state index contributed by atoms with van der Waals surface area (Å²) in [6, 6.07) is 3.18. The fourth-order valence-corrected chi connectivity index (χ4v) is 8.13. The minimum atomic E-state index is -0.775. The van der Waals surface area contributed by atoms with Crippen molar-refractivity contribution >= 4 is 17.0 Å². The molecule has 3 aromatic rings. The van der Waals surface area contributed by atoms with Crippen LogP contribution in [0.15, 0.2) is 24.8 Å². The van der Waals surface area contributed by atoms with E-state index in [1.165, 1.54) is 6.33 Å². The van der Waals surface area contributed by atoms with Gasteiger partial charge in [0.2, 0.25) is 0 Å². The van der Waals surface area contributed by atoms with Crippen molar-refractivity contribution in [3.63, 3.8) is 0 Å². The molecule has 3 aliphatic carbocycles. The smallest absolute Gasteiger partial charge is 0.167 e. The molecule has 39 heavy (non-hydrogen) atoms. The molecule has 11 nitrogen and oxygen atoms in total. The van der Waals surface area contributed by atoms with Gasteiger partial charge in [-0.1, -0.05) is 6.92 Å². The normalized spacial score (nSPS) is 37.4. The largest absolute Gasteiger partial charge is 0.504 e. The van der Waals surface area contributed by atoms with Gasteiger partial charge >= 0.3 is 0 Å². The number of ether oxygens (including phenoxy) is 1. The van der Waals surface area contributed by atoms with Crippen LogP contribution in [0.5, 0.6) is 11.5 Å². The third-order valence-electron chi connectivity index (χ3n) is 10.2. The Morgan fingerprint density at radius 2 is 1.85 bits per heavy atom. The molecule has 2 aromatic heterocycles. The van der Waals surface area contributed by atoms with E-state index in [4.69, 9.17) is 4.74 Å². The summed E-state index contributed by atoms with van der Waals surface area (Å²) in [7, 11) is 0. The Morgan fingerprint density at radius 1 is 1.05 bits per heavy atom. The Bertz CT molecular complexity index is 1410. The monoisotopic (exact) mass is 537 g/mol. The molecule has 9 atom stereocenters. The van der Waals surface area contributed by atoms with Crippen LogP contribution < -0.4 is 5.32 Å². The van der Waals surface area contributed by atoms with E-state index in [0.717, 1.165) is 43.2 Å². The predicted octanol–water partition coefficient (Wildman–Crippen LogP) is 2.71. The van der Waals surface area contributed by atoms with E-state index in [1.54, 1.807) is 23.0 Å². The zero-order valence-electron chi connectivity index (χ0n) is 21.8. The Morgan fingerprint density at radius 3 is 2.62 bits per heavy atom. The highest BCUT2D eigenvalue weighted by Crippen LogP contribution is 2.63. The zero-order chi connectivity index (χ0) is 27.1. The standard InChI is InChI=1S/C28H35N5O6/c1-28-5-4-13-14-7-19(35)20(36)8-16(14)18(6-15(13)17(28)2-3-23(28)38)32-26-25-27(30-11-29-26)33(12-31-25)24-9-21(37)22(10-34)39-24/h7-8,11-13,15,17-18,21-24,34-38H,2-6,9-10H2,1H3,(H,29,30,32)/t13?,15?,17?,18?,21-,22+,23-,24+,28-/m0/s1. The van der Waals surface area contributed by atoms with Crippen LogP contribution in [0.25, 0.3) is 11.2 Å².